The lowest BCUT2D eigenvalue weighted by atomic mass is 10.1. The molecule has 0 rings (SSSR count). The molecular formula is C106H168O22. The molecule has 0 aliphatic rings. The van der Waals surface area contributed by atoms with Crippen LogP contribution < -0.4 is 0 Å². The number of hydrogen-bond donors (Lipinski definition) is 0. The molecule has 22 heteroatoms. The molecule has 0 heterocycles. The Morgan fingerprint density at radius 3 is 0.602 bits per heavy atom. The lowest BCUT2D eigenvalue weighted by molar-refractivity contribution is -0.146. The number of ether oxygens (including phenoxy) is 11. The van der Waals surface area contributed by atoms with Gasteiger partial charge in [-0.05, 0) is 130 Å². The van der Waals surface area contributed by atoms with E-state index in [2.05, 4.69) is 98.7 Å². The van der Waals surface area contributed by atoms with Gasteiger partial charge in [-0.25, -0.2) is 52.7 Å². The molecule has 0 amide bonds. The SMILES string of the molecule is C=C(C)C(=O)OCCOC(=O)/C=C/CC.C=C/C=C/C=C/C(=O)OCCOC(=O)C(=C)C.C=CC/C=C/C(=O)OCCOC(=O)C(=C)C.C=CCCCCCCCCCCCOC(=O)C=C.C=CCCCCCCCCCCOC(=O)C=C.C=CCCCCCCCCCOC(=O)C=C.C=CCCCCCCCCOC(=O)C=C.C=CCCCCCCCOC(=O)C=C. The Balaban J connectivity index is -0.000000215. The van der Waals surface area contributed by atoms with Crippen molar-refractivity contribution in [2.45, 2.75) is 297 Å². The Labute approximate surface area is 773 Å². The number of rotatable bonds is 75. The normalized spacial score (nSPS) is 9.88. The van der Waals surface area contributed by atoms with Gasteiger partial charge < -0.3 is 52.1 Å². The number of carbonyl (C=O) groups is 11. The third kappa shape index (κ3) is 131. The average Bonchev–Trinajstić information content (AvgIpc) is 1.01. The Hall–Kier alpha value is -10.8. The largest absolute Gasteiger partial charge is 0.463 e. The van der Waals surface area contributed by atoms with Crippen molar-refractivity contribution in [2.24, 2.45) is 0 Å². The Morgan fingerprint density at radius 2 is 0.406 bits per heavy atom. The first-order valence-electron chi connectivity index (χ1n) is 45.7. The van der Waals surface area contributed by atoms with Gasteiger partial charge in [-0.1, -0.05) is 300 Å². The van der Waals surface area contributed by atoms with Gasteiger partial charge in [0, 0.05) is 65.3 Å². The molecule has 0 N–H and O–H groups in total. The molecule has 128 heavy (non-hydrogen) atoms. The second-order valence-electron chi connectivity index (χ2n) is 28.6. The van der Waals surface area contributed by atoms with E-state index in [1.807, 2.05) is 37.3 Å². The van der Waals surface area contributed by atoms with Gasteiger partial charge in [-0.3, -0.25) is 0 Å². The summed E-state index contributed by atoms with van der Waals surface area (Å²) < 4.78 is 52.8. The van der Waals surface area contributed by atoms with Crippen LogP contribution in [0.25, 0.3) is 0 Å². The predicted octanol–water partition coefficient (Wildman–Crippen LogP) is 25.5. The lowest BCUT2D eigenvalue weighted by Crippen LogP contribution is -2.12. The molecule has 0 spiro atoms. The molecule has 0 aliphatic carbocycles. The molecule has 0 radical (unpaired) electrons. The summed E-state index contributed by atoms with van der Waals surface area (Å²) in [5.41, 5.74) is 0.954. The fourth-order valence-electron chi connectivity index (χ4n) is 9.63. The molecule has 724 valence electrons. The molecule has 0 fully saturated rings. The second kappa shape index (κ2) is 116. The highest BCUT2D eigenvalue weighted by atomic mass is 16.6. The molecule has 0 aromatic heterocycles. The summed E-state index contributed by atoms with van der Waals surface area (Å²) >= 11 is 0. The van der Waals surface area contributed by atoms with Crippen LogP contribution in [0.1, 0.15) is 297 Å². The van der Waals surface area contributed by atoms with Gasteiger partial charge in [0.05, 0.1) is 33.0 Å². The van der Waals surface area contributed by atoms with E-state index in [0.29, 0.717) is 56.2 Å². The summed E-state index contributed by atoms with van der Waals surface area (Å²) in [5, 5.41) is 0. The summed E-state index contributed by atoms with van der Waals surface area (Å²) in [6, 6.07) is 0. The van der Waals surface area contributed by atoms with Crippen LogP contribution in [0.2, 0.25) is 0 Å². The van der Waals surface area contributed by atoms with Crippen molar-refractivity contribution < 1.29 is 105 Å². The Morgan fingerprint density at radius 1 is 0.211 bits per heavy atom. The maximum atomic E-state index is 11.1. The van der Waals surface area contributed by atoms with Gasteiger partial charge in [0.15, 0.2) is 0 Å². The molecule has 0 saturated heterocycles. The molecule has 0 unspecified atom stereocenters. The molecule has 0 saturated carbocycles. The van der Waals surface area contributed by atoms with E-state index in [-0.39, 0.29) is 69.5 Å². The summed E-state index contributed by atoms with van der Waals surface area (Å²) in [6.07, 6.45) is 80.9. The van der Waals surface area contributed by atoms with Gasteiger partial charge in [-0.2, -0.15) is 0 Å². The van der Waals surface area contributed by atoms with Crippen molar-refractivity contribution in [1.82, 2.24) is 0 Å². The van der Waals surface area contributed by atoms with Gasteiger partial charge in [0.1, 0.15) is 39.6 Å². The highest BCUT2D eigenvalue weighted by Crippen LogP contribution is 2.14. The smallest absolute Gasteiger partial charge is 0.333 e. The molecule has 0 aliphatic heterocycles. The number of hydrogen-bond acceptors (Lipinski definition) is 22. The van der Waals surface area contributed by atoms with Crippen molar-refractivity contribution in [3.05, 3.63) is 237 Å². The van der Waals surface area contributed by atoms with Crippen LogP contribution in [-0.2, 0) is 105 Å². The van der Waals surface area contributed by atoms with E-state index in [0.717, 1.165) is 103 Å². The van der Waals surface area contributed by atoms with Crippen LogP contribution in [0.5, 0.6) is 0 Å². The van der Waals surface area contributed by atoms with E-state index >= 15 is 0 Å². The van der Waals surface area contributed by atoms with Crippen molar-refractivity contribution in [1.29, 1.82) is 0 Å². The van der Waals surface area contributed by atoms with Crippen LogP contribution in [0.3, 0.4) is 0 Å². The zero-order valence-electron chi connectivity index (χ0n) is 79.6. The van der Waals surface area contributed by atoms with Crippen molar-refractivity contribution >= 4 is 65.7 Å². The molecule has 0 aromatic rings. The third-order valence-corrected chi connectivity index (χ3v) is 16.7. The maximum absolute atomic E-state index is 11.1. The zero-order chi connectivity index (χ0) is 97.5. The highest BCUT2D eigenvalue weighted by Gasteiger charge is 2.08. The van der Waals surface area contributed by atoms with Crippen molar-refractivity contribution in [3.63, 3.8) is 0 Å². The fraction of sp³-hybridized carbons (Fsp3) is 0.538. The zero-order valence-corrected chi connectivity index (χ0v) is 79.6. The number of allylic oxidation sites excluding steroid dienone is 12. The first-order chi connectivity index (χ1) is 61.8. The number of unbranched alkanes of at least 4 members (excludes halogenated alkanes) is 35. The number of esters is 11. The first-order valence-corrected chi connectivity index (χ1v) is 45.7. The summed E-state index contributed by atoms with van der Waals surface area (Å²) in [5.74, 6) is -4.43. The fourth-order valence-corrected chi connectivity index (χ4v) is 9.63. The molecular weight excluding hydrogens is 1630 g/mol. The molecule has 0 aromatic carbocycles. The summed E-state index contributed by atoms with van der Waals surface area (Å²) in [6.45, 7) is 61.9. The minimum atomic E-state index is -0.495. The average molecular weight is 1790 g/mol. The van der Waals surface area contributed by atoms with Gasteiger partial charge in [-0.15, -0.1) is 39.5 Å². The van der Waals surface area contributed by atoms with Gasteiger partial charge >= 0.3 is 65.7 Å². The molecule has 22 nitrogen and oxygen atoms in total. The molecule has 0 atom stereocenters. The second-order valence-corrected chi connectivity index (χ2v) is 28.6. The first kappa shape index (κ1) is 133. The van der Waals surface area contributed by atoms with Crippen molar-refractivity contribution in [2.75, 3.05) is 72.7 Å². The van der Waals surface area contributed by atoms with Gasteiger partial charge in [0.25, 0.3) is 0 Å². The van der Waals surface area contributed by atoms with Crippen LogP contribution >= 0.6 is 0 Å². The summed E-state index contributed by atoms with van der Waals surface area (Å²) in [4.78, 5) is 119. The van der Waals surface area contributed by atoms with Crippen LogP contribution in [0.15, 0.2) is 237 Å². The molecule has 0 bridgehead atoms. The number of carbonyl (C=O) groups excluding carboxylic acids is 11. The van der Waals surface area contributed by atoms with E-state index in [1.54, 1.807) is 57.2 Å². The van der Waals surface area contributed by atoms with E-state index in [4.69, 9.17) is 52.1 Å². The Kier molecular flexibility index (Phi) is 121. The lowest BCUT2D eigenvalue weighted by Gasteiger charge is -2.04. The monoisotopic (exact) mass is 1790 g/mol. The predicted molar refractivity (Wildman–Crippen MR) is 524 cm³/mol. The van der Waals surface area contributed by atoms with Crippen LogP contribution in [0, 0.1) is 0 Å². The van der Waals surface area contributed by atoms with Crippen molar-refractivity contribution in [3.8, 4) is 0 Å². The summed E-state index contributed by atoms with van der Waals surface area (Å²) in [7, 11) is 0. The topological polar surface area (TPSA) is 289 Å². The van der Waals surface area contributed by atoms with E-state index in [1.165, 1.54) is 215 Å². The van der Waals surface area contributed by atoms with Gasteiger partial charge in [0.2, 0.25) is 0 Å². The quantitative estimate of drug-likeness (QED) is 0.0136. The third-order valence-electron chi connectivity index (χ3n) is 16.7. The Bertz CT molecular complexity index is 3120. The standard InChI is InChI=1S/C16H28O2.C15H26O2.C14H24O2.C13H16O4.C13H22O2.C12H16O4.C12H20O2.C11H16O4/c1-3-5-6-7-8-9-10-11-12-13-14-15-18-16(17)4-2;1-3-5-6-7-8-9-10-11-12-13-14-17-15(16)4-2;1-3-5-6-7-8-9-10-11-12-13-16-14(15)4-2;1-4-5-6-7-8-12(14)16-9-10-17-13(15)11(2)3;1-3-5-6-7-8-9-10-11-12-15-13(14)4-2;1-4-5-6-7-11(13)15-8-9-16-12(14)10(2)3;1-3-5-6-7-8-9-10-11-14-12(13)4-2;1-4-5-6-10(12)14-7-8-15-11(13)9(2)3/h3-4H,1-2,5-15H2;3-4H,1-2,5-14H2;3-4H,1-2,5-13H2;4-8H,1-2,9-10H2,3H3;3-4H,1-2,5-12H2;4,6-7H,1-2,5,8-9H2,3H3;3-4H,1-2,5-11H2;5-6H,2,4,7-8H2,1,3H3/b;;;6-5+,8-7+;;7-6+;;6-5+. The van der Waals surface area contributed by atoms with E-state index < -0.39 is 35.8 Å². The maximum Gasteiger partial charge on any atom is 0.333 e. The highest BCUT2D eigenvalue weighted by molar-refractivity contribution is 5.88. The minimum absolute atomic E-state index is 0.0212. The minimum Gasteiger partial charge on any atom is -0.463 e. The van der Waals surface area contributed by atoms with Crippen LogP contribution in [-0.4, -0.2) is 138 Å². The van der Waals surface area contributed by atoms with E-state index in [9.17, 15) is 52.7 Å². The van der Waals surface area contributed by atoms with Crippen LogP contribution in [0.4, 0.5) is 0 Å².